The first-order valence-electron chi connectivity index (χ1n) is 9.35. The molecule has 0 saturated carbocycles. The summed E-state index contributed by atoms with van der Waals surface area (Å²) in [6.45, 7) is 2.17. The van der Waals surface area contributed by atoms with Crippen molar-refractivity contribution in [3.8, 4) is 5.75 Å². The van der Waals surface area contributed by atoms with Gasteiger partial charge in [-0.05, 0) is 61.0 Å². The van der Waals surface area contributed by atoms with E-state index in [1.54, 1.807) is 54.3 Å². The molecule has 0 fully saturated rings. The molecule has 0 aliphatic carbocycles. The minimum absolute atomic E-state index is 0.0238. The summed E-state index contributed by atoms with van der Waals surface area (Å²) < 4.78 is 5.63. The van der Waals surface area contributed by atoms with Crippen molar-refractivity contribution in [2.45, 2.75) is 19.6 Å². The summed E-state index contributed by atoms with van der Waals surface area (Å²) >= 11 is 12.0. The lowest BCUT2D eigenvalue weighted by molar-refractivity contribution is -0.122. The van der Waals surface area contributed by atoms with Gasteiger partial charge in [0.1, 0.15) is 5.75 Å². The number of hydrogen-bond acceptors (Lipinski definition) is 3. The van der Waals surface area contributed by atoms with E-state index in [9.17, 15) is 9.59 Å². The van der Waals surface area contributed by atoms with Crippen molar-refractivity contribution in [3.05, 3.63) is 87.9 Å². The van der Waals surface area contributed by atoms with E-state index in [0.717, 1.165) is 16.8 Å². The molecule has 7 heteroatoms. The van der Waals surface area contributed by atoms with Crippen molar-refractivity contribution in [2.75, 3.05) is 10.2 Å². The Bertz CT molecular complexity index is 1120. The third kappa shape index (κ3) is 4.13. The van der Waals surface area contributed by atoms with Gasteiger partial charge in [-0.15, -0.1) is 0 Å². The summed E-state index contributed by atoms with van der Waals surface area (Å²) in [6, 6.07) is 19.5. The molecule has 1 unspecified atom stereocenters. The first kappa shape index (κ1) is 20.3. The fourth-order valence-corrected chi connectivity index (χ4v) is 3.70. The Balaban J connectivity index is 1.40. The zero-order valence-electron chi connectivity index (χ0n) is 16.1. The number of nitrogens with one attached hydrogen (secondary N) is 1. The molecule has 1 N–H and O–H groups in total. The largest absolute Gasteiger partial charge is 0.479 e. The average molecular weight is 441 g/mol. The average Bonchev–Trinajstić information content (AvgIpc) is 3.07. The monoisotopic (exact) mass is 440 g/mol. The molecule has 30 heavy (non-hydrogen) atoms. The maximum Gasteiger partial charge on any atom is 0.265 e. The van der Waals surface area contributed by atoms with Crippen molar-refractivity contribution in [1.29, 1.82) is 0 Å². The molecule has 1 atom stereocenters. The van der Waals surface area contributed by atoms with Gasteiger partial charge < -0.3 is 15.0 Å². The van der Waals surface area contributed by atoms with Crippen molar-refractivity contribution >= 4 is 46.4 Å². The second-order valence-electron chi connectivity index (χ2n) is 6.92. The predicted octanol–water partition coefficient (Wildman–Crippen LogP) is 5.56. The molecule has 0 bridgehead atoms. The predicted molar refractivity (Wildman–Crippen MR) is 119 cm³/mol. The molecule has 152 valence electrons. The van der Waals surface area contributed by atoms with E-state index in [1.807, 2.05) is 24.3 Å². The minimum Gasteiger partial charge on any atom is -0.479 e. The Morgan fingerprint density at radius 3 is 2.50 bits per heavy atom. The van der Waals surface area contributed by atoms with Gasteiger partial charge in [0.05, 0.1) is 11.6 Å². The Morgan fingerprint density at radius 2 is 1.80 bits per heavy atom. The number of fused-ring (bicyclic) bond motifs is 1. The molecule has 3 aromatic carbocycles. The highest BCUT2D eigenvalue weighted by Gasteiger charge is 2.27. The van der Waals surface area contributed by atoms with Gasteiger partial charge in [0.2, 0.25) is 0 Å². The second-order valence-corrected chi connectivity index (χ2v) is 7.76. The van der Waals surface area contributed by atoms with Crippen molar-refractivity contribution in [3.63, 3.8) is 0 Å². The molecule has 1 aliphatic heterocycles. The van der Waals surface area contributed by atoms with Crippen LogP contribution in [0.5, 0.6) is 5.75 Å². The Morgan fingerprint density at radius 1 is 1.07 bits per heavy atom. The summed E-state index contributed by atoms with van der Waals surface area (Å²) in [7, 11) is 0. The van der Waals surface area contributed by atoms with Crippen molar-refractivity contribution in [2.24, 2.45) is 0 Å². The van der Waals surface area contributed by atoms with E-state index in [4.69, 9.17) is 27.9 Å². The van der Waals surface area contributed by atoms with Crippen molar-refractivity contribution < 1.29 is 14.3 Å². The number of anilines is 2. The molecule has 0 radical (unpaired) electrons. The minimum atomic E-state index is -0.766. The number of ether oxygens (including phenoxy) is 1. The first-order valence-corrected chi connectivity index (χ1v) is 10.1. The Labute approximate surface area is 184 Å². The lowest BCUT2D eigenvalue weighted by atomic mass is 10.1. The van der Waals surface area contributed by atoms with Crippen LogP contribution in [-0.2, 0) is 11.3 Å². The van der Waals surface area contributed by atoms with Gasteiger partial charge in [0.15, 0.2) is 6.10 Å². The van der Waals surface area contributed by atoms with Crippen LogP contribution in [0.15, 0.2) is 66.7 Å². The van der Waals surface area contributed by atoms with E-state index >= 15 is 0 Å². The van der Waals surface area contributed by atoms with Gasteiger partial charge >= 0.3 is 0 Å². The number of benzene rings is 3. The van der Waals surface area contributed by atoms with Crippen LogP contribution in [0.2, 0.25) is 10.0 Å². The standard InChI is InChI=1S/C23H18Cl2N2O3/c1-14(30-21-11-6-16(24)12-20(21)25)22(28)26-17-7-9-18(10-8-17)27-13-15-4-2-3-5-19(15)23(27)29/h2-12,14H,13H2,1H3,(H,26,28). The molecule has 0 spiro atoms. The zero-order valence-corrected chi connectivity index (χ0v) is 17.6. The van der Waals surface area contributed by atoms with Crippen LogP contribution in [0, 0.1) is 0 Å². The topological polar surface area (TPSA) is 58.6 Å². The molecule has 0 saturated heterocycles. The number of rotatable bonds is 5. The molecule has 5 nitrogen and oxygen atoms in total. The molecular weight excluding hydrogens is 423 g/mol. The molecule has 1 heterocycles. The van der Waals surface area contributed by atoms with Crippen LogP contribution in [0.25, 0.3) is 0 Å². The van der Waals surface area contributed by atoms with E-state index < -0.39 is 6.10 Å². The second kappa shape index (κ2) is 8.38. The first-order chi connectivity index (χ1) is 14.4. The van der Waals surface area contributed by atoms with Crippen molar-refractivity contribution in [1.82, 2.24) is 0 Å². The third-order valence-corrected chi connectivity index (χ3v) is 5.37. The van der Waals surface area contributed by atoms with Gasteiger partial charge in [0, 0.05) is 22.0 Å². The Hall–Kier alpha value is -3.02. The quantitative estimate of drug-likeness (QED) is 0.564. The van der Waals surface area contributed by atoms with E-state index in [1.165, 1.54) is 0 Å². The van der Waals surface area contributed by atoms with Crippen LogP contribution >= 0.6 is 23.2 Å². The van der Waals surface area contributed by atoms with Gasteiger partial charge in [-0.25, -0.2) is 0 Å². The van der Waals surface area contributed by atoms with Crippen LogP contribution in [0.3, 0.4) is 0 Å². The van der Waals surface area contributed by atoms with E-state index in [0.29, 0.717) is 28.0 Å². The molecular formula is C23H18Cl2N2O3. The number of hydrogen-bond donors (Lipinski definition) is 1. The van der Waals surface area contributed by atoms with Crippen LogP contribution in [0.1, 0.15) is 22.8 Å². The maximum atomic E-state index is 12.6. The molecule has 1 aliphatic rings. The summed E-state index contributed by atoms with van der Waals surface area (Å²) in [4.78, 5) is 26.8. The number of carbonyl (C=O) groups excluding carboxylic acids is 2. The Kier molecular flexibility index (Phi) is 5.66. The van der Waals surface area contributed by atoms with Gasteiger partial charge in [0.25, 0.3) is 11.8 Å². The molecule has 0 aromatic heterocycles. The number of halogens is 2. The molecule has 4 rings (SSSR count). The normalized spacial score (nSPS) is 13.7. The van der Waals surface area contributed by atoms with E-state index in [2.05, 4.69) is 5.32 Å². The summed E-state index contributed by atoms with van der Waals surface area (Å²) in [5, 5.41) is 3.63. The van der Waals surface area contributed by atoms with Gasteiger partial charge in [-0.3, -0.25) is 9.59 Å². The van der Waals surface area contributed by atoms with Crippen LogP contribution in [0.4, 0.5) is 11.4 Å². The third-order valence-electron chi connectivity index (χ3n) is 4.83. The lowest BCUT2D eigenvalue weighted by Gasteiger charge is -2.18. The molecule has 3 aromatic rings. The smallest absolute Gasteiger partial charge is 0.265 e. The number of amides is 2. The maximum absolute atomic E-state index is 12.6. The van der Waals surface area contributed by atoms with Crippen LogP contribution in [-0.4, -0.2) is 17.9 Å². The van der Waals surface area contributed by atoms with Crippen LogP contribution < -0.4 is 15.0 Å². The SMILES string of the molecule is CC(Oc1ccc(Cl)cc1Cl)C(=O)Nc1ccc(N2Cc3ccccc3C2=O)cc1. The lowest BCUT2D eigenvalue weighted by Crippen LogP contribution is -2.30. The molecule has 2 amide bonds. The number of carbonyl (C=O) groups is 2. The summed E-state index contributed by atoms with van der Waals surface area (Å²) in [5.41, 5.74) is 3.10. The highest BCUT2D eigenvalue weighted by molar-refractivity contribution is 6.35. The summed E-state index contributed by atoms with van der Waals surface area (Å²) in [6.07, 6.45) is -0.766. The van der Waals surface area contributed by atoms with E-state index in [-0.39, 0.29) is 11.8 Å². The fraction of sp³-hybridized carbons (Fsp3) is 0.130. The highest BCUT2D eigenvalue weighted by atomic mass is 35.5. The number of nitrogens with zero attached hydrogens (tertiary/aromatic N) is 1. The highest BCUT2D eigenvalue weighted by Crippen LogP contribution is 2.30. The zero-order chi connectivity index (χ0) is 21.3. The van der Waals surface area contributed by atoms with Gasteiger partial charge in [-0.2, -0.15) is 0 Å². The summed E-state index contributed by atoms with van der Waals surface area (Å²) in [5.74, 6) is 0.0360. The van der Waals surface area contributed by atoms with Gasteiger partial charge in [-0.1, -0.05) is 41.4 Å². The fourth-order valence-electron chi connectivity index (χ4n) is 3.25.